The van der Waals surface area contributed by atoms with Gasteiger partial charge in [-0.25, -0.2) is 0 Å². The molecule has 1 aromatic heterocycles. The fourth-order valence-corrected chi connectivity index (χ4v) is 2.47. The Labute approximate surface area is 153 Å². The molecule has 1 heterocycles. The Hall–Kier alpha value is -1.53. The van der Waals surface area contributed by atoms with Gasteiger partial charge in [0.05, 0.1) is 6.26 Å². The van der Waals surface area contributed by atoms with Crippen molar-refractivity contribution in [3.05, 3.63) is 24.2 Å². The molecule has 0 aliphatic heterocycles. The number of aliphatic imine (C=N–C) groups is 1. The zero-order chi connectivity index (χ0) is 18.2. The van der Waals surface area contributed by atoms with Crippen molar-refractivity contribution < 1.29 is 9.15 Å². The van der Waals surface area contributed by atoms with Gasteiger partial charge in [-0.1, -0.05) is 13.8 Å². The van der Waals surface area contributed by atoms with Gasteiger partial charge in [-0.15, -0.1) is 0 Å². The number of rotatable bonds is 14. The molecular formula is C19H36N4O2. The number of hydrogen-bond donors (Lipinski definition) is 2. The fraction of sp³-hybridized carbons (Fsp3) is 0.737. The molecule has 0 spiro atoms. The Morgan fingerprint density at radius 1 is 1.16 bits per heavy atom. The van der Waals surface area contributed by atoms with E-state index in [1.54, 1.807) is 6.26 Å². The van der Waals surface area contributed by atoms with E-state index in [0.29, 0.717) is 13.2 Å². The summed E-state index contributed by atoms with van der Waals surface area (Å²) >= 11 is 0. The molecule has 0 radical (unpaired) electrons. The molecule has 25 heavy (non-hydrogen) atoms. The Morgan fingerprint density at radius 3 is 2.68 bits per heavy atom. The van der Waals surface area contributed by atoms with E-state index in [4.69, 9.17) is 9.15 Å². The first-order valence-corrected chi connectivity index (χ1v) is 9.64. The molecule has 6 nitrogen and oxygen atoms in total. The Morgan fingerprint density at radius 2 is 2.00 bits per heavy atom. The number of hydrogen-bond acceptors (Lipinski definition) is 4. The molecule has 2 N–H and O–H groups in total. The largest absolute Gasteiger partial charge is 0.467 e. The second kappa shape index (κ2) is 14.8. The minimum atomic E-state index is 0.529. The van der Waals surface area contributed by atoms with Crippen molar-refractivity contribution >= 4 is 5.96 Å². The molecule has 0 saturated heterocycles. The molecule has 6 heteroatoms. The average molecular weight is 353 g/mol. The number of nitrogens with zero attached hydrogens (tertiary/aromatic N) is 2. The van der Waals surface area contributed by atoms with Crippen molar-refractivity contribution in [3.8, 4) is 0 Å². The molecule has 0 unspecified atom stereocenters. The summed E-state index contributed by atoms with van der Waals surface area (Å²) < 4.78 is 10.8. The SMILES string of the molecule is CCNC(=NCCCOCc1ccco1)NCCCCN(CC)CC. The van der Waals surface area contributed by atoms with Gasteiger partial charge in [-0.3, -0.25) is 4.99 Å². The zero-order valence-corrected chi connectivity index (χ0v) is 16.2. The average Bonchev–Trinajstić information content (AvgIpc) is 3.14. The maximum Gasteiger partial charge on any atom is 0.191 e. The van der Waals surface area contributed by atoms with Gasteiger partial charge in [0, 0.05) is 26.2 Å². The lowest BCUT2D eigenvalue weighted by Gasteiger charge is -2.18. The van der Waals surface area contributed by atoms with E-state index in [-0.39, 0.29) is 0 Å². The summed E-state index contributed by atoms with van der Waals surface area (Å²) in [7, 11) is 0. The van der Waals surface area contributed by atoms with Crippen LogP contribution in [-0.2, 0) is 11.3 Å². The highest BCUT2D eigenvalue weighted by molar-refractivity contribution is 5.79. The molecule has 0 aromatic carbocycles. The van der Waals surface area contributed by atoms with Crippen LogP contribution in [0, 0.1) is 0 Å². The van der Waals surface area contributed by atoms with Crippen molar-refractivity contribution in [3.63, 3.8) is 0 Å². The van der Waals surface area contributed by atoms with Crippen molar-refractivity contribution in [1.82, 2.24) is 15.5 Å². The predicted octanol–water partition coefficient (Wildman–Crippen LogP) is 2.86. The first-order chi connectivity index (χ1) is 12.3. The summed E-state index contributed by atoms with van der Waals surface area (Å²) in [5.41, 5.74) is 0. The summed E-state index contributed by atoms with van der Waals surface area (Å²) in [6.45, 7) is 13.8. The lowest BCUT2D eigenvalue weighted by molar-refractivity contribution is 0.105. The van der Waals surface area contributed by atoms with Gasteiger partial charge >= 0.3 is 0 Å². The van der Waals surface area contributed by atoms with Crippen LogP contribution in [0.4, 0.5) is 0 Å². The van der Waals surface area contributed by atoms with E-state index in [1.807, 2.05) is 12.1 Å². The topological polar surface area (TPSA) is 62.0 Å². The lowest BCUT2D eigenvalue weighted by Crippen LogP contribution is -2.38. The number of unbranched alkanes of at least 4 members (excludes halogenated alkanes) is 1. The van der Waals surface area contributed by atoms with Gasteiger partial charge in [-0.05, 0) is 58.0 Å². The number of guanidine groups is 1. The maximum atomic E-state index is 5.57. The van der Waals surface area contributed by atoms with E-state index in [1.165, 1.54) is 13.0 Å². The molecular weight excluding hydrogens is 316 g/mol. The summed E-state index contributed by atoms with van der Waals surface area (Å²) in [6.07, 6.45) is 4.94. The molecule has 144 valence electrons. The Kier molecular flexibility index (Phi) is 12.7. The highest BCUT2D eigenvalue weighted by Gasteiger charge is 2.00. The Balaban J connectivity index is 2.09. The molecule has 1 rings (SSSR count). The number of nitrogens with one attached hydrogen (secondary N) is 2. The Bertz CT molecular complexity index is 431. The highest BCUT2D eigenvalue weighted by Crippen LogP contribution is 2.01. The van der Waals surface area contributed by atoms with Crippen LogP contribution in [0.5, 0.6) is 0 Å². The molecule has 0 bridgehead atoms. The summed E-state index contributed by atoms with van der Waals surface area (Å²) in [6, 6.07) is 3.80. The van der Waals surface area contributed by atoms with Crippen LogP contribution in [-0.4, -0.2) is 56.7 Å². The third-order valence-electron chi connectivity index (χ3n) is 3.97. The minimum Gasteiger partial charge on any atom is -0.467 e. The third kappa shape index (κ3) is 10.8. The van der Waals surface area contributed by atoms with Gasteiger partial charge in [0.15, 0.2) is 5.96 Å². The first kappa shape index (κ1) is 21.5. The van der Waals surface area contributed by atoms with Crippen LogP contribution in [0.2, 0.25) is 0 Å². The molecule has 0 fully saturated rings. The third-order valence-corrected chi connectivity index (χ3v) is 3.97. The summed E-state index contributed by atoms with van der Waals surface area (Å²) in [5.74, 6) is 1.76. The zero-order valence-electron chi connectivity index (χ0n) is 16.2. The van der Waals surface area contributed by atoms with Gasteiger partial charge < -0.3 is 24.7 Å². The second-order valence-electron chi connectivity index (χ2n) is 5.91. The molecule has 0 amide bonds. The lowest BCUT2D eigenvalue weighted by atomic mass is 10.3. The van der Waals surface area contributed by atoms with Crippen molar-refractivity contribution in [2.24, 2.45) is 4.99 Å². The van der Waals surface area contributed by atoms with Gasteiger partial charge in [0.25, 0.3) is 0 Å². The quantitative estimate of drug-likeness (QED) is 0.306. The van der Waals surface area contributed by atoms with Gasteiger partial charge in [0.2, 0.25) is 0 Å². The fourth-order valence-electron chi connectivity index (χ4n) is 2.47. The van der Waals surface area contributed by atoms with E-state index in [2.05, 4.69) is 41.3 Å². The normalized spacial score (nSPS) is 11.9. The second-order valence-corrected chi connectivity index (χ2v) is 5.91. The smallest absolute Gasteiger partial charge is 0.191 e. The molecule has 0 saturated carbocycles. The highest BCUT2D eigenvalue weighted by atomic mass is 16.5. The summed E-state index contributed by atoms with van der Waals surface area (Å²) in [5, 5.41) is 6.70. The number of ether oxygens (including phenoxy) is 1. The van der Waals surface area contributed by atoms with Crippen LogP contribution < -0.4 is 10.6 Å². The molecule has 1 aromatic rings. The van der Waals surface area contributed by atoms with E-state index < -0.39 is 0 Å². The standard InChI is InChI=1S/C19H36N4O2/c1-4-20-19(21-12-7-8-14-23(5-2)6-3)22-13-10-15-24-17-18-11-9-16-25-18/h9,11,16H,4-8,10,12-15,17H2,1-3H3,(H2,20,21,22). The molecule has 0 atom stereocenters. The van der Waals surface area contributed by atoms with Gasteiger partial charge in [0.1, 0.15) is 12.4 Å². The first-order valence-electron chi connectivity index (χ1n) is 9.64. The van der Waals surface area contributed by atoms with Crippen molar-refractivity contribution in [1.29, 1.82) is 0 Å². The van der Waals surface area contributed by atoms with Crippen molar-refractivity contribution in [2.45, 2.75) is 46.6 Å². The van der Waals surface area contributed by atoms with E-state index in [0.717, 1.165) is 57.3 Å². The predicted molar refractivity (Wildman–Crippen MR) is 104 cm³/mol. The maximum absolute atomic E-state index is 5.57. The molecule has 0 aliphatic carbocycles. The van der Waals surface area contributed by atoms with Crippen LogP contribution in [0.15, 0.2) is 27.8 Å². The van der Waals surface area contributed by atoms with E-state index >= 15 is 0 Å². The van der Waals surface area contributed by atoms with Crippen LogP contribution in [0.3, 0.4) is 0 Å². The summed E-state index contributed by atoms with van der Waals surface area (Å²) in [4.78, 5) is 7.05. The minimum absolute atomic E-state index is 0.529. The number of furan rings is 1. The van der Waals surface area contributed by atoms with Gasteiger partial charge in [-0.2, -0.15) is 0 Å². The van der Waals surface area contributed by atoms with Crippen LogP contribution in [0.1, 0.15) is 45.8 Å². The molecule has 0 aliphatic rings. The van der Waals surface area contributed by atoms with Crippen LogP contribution >= 0.6 is 0 Å². The van der Waals surface area contributed by atoms with E-state index in [9.17, 15) is 0 Å². The van der Waals surface area contributed by atoms with Crippen LogP contribution in [0.25, 0.3) is 0 Å². The monoisotopic (exact) mass is 352 g/mol. The van der Waals surface area contributed by atoms with Crippen molar-refractivity contribution in [2.75, 3.05) is 45.9 Å².